The van der Waals surface area contributed by atoms with Crippen LogP contribution in [-0.2, 0) is 25.6 Å². The second kappa shape index (κ2) is 15.3. The summed E-state index contributed by atoms with van der Waals surface area (Å²) in [6.07, 6.45) is 9.62. The summed E-state index contributed by atoms with van der Waals surface area (Å²) in [7, 11) is 0. The van der Waals surface area contributed by atoms with Crippen molar-refractivity contribution < 1.29 is 24.3 Å². The van der Waals surface area contributed by atoms with Crippen LogP contribution in [0.4, 0.5) is 0 Å². The van der Waals surface area contributed by atoms with Gasteiger partial charge in [0.2, 0.25) is 11.8 Å². The zero-order valence-corrected chi connectivity index (χ0v) is 20.5. The van der Waals surface area contributed by atoms with Crippen LogP contribution < -0.4 is 5.32 Å². The van der Waals surface area contributed by atoms with Gasteiger partial charge in [-0.05, 0) is 31.2 Å². The molecule has 1 aliphatic heterocycles. The van der Waals surface area contributed by atoms with E-state index < -0.39 is 18.1 Å². The topological polar surface area (TPSA) is 104 Å². The van der Waals surface area contributed by atoms with Crippen molar-refractivity contribution >= 4 is 23.6 Å². The van der Waals surface area contributed by atoms with Gasteiger partial charge in [0, 0.05) is 25.8 Å². The highest BCUT2D eigenvalue weighted by Gasteiger charge is 2.34. The zero-order chi connectivity index (χ0) is 24.8. The second-order valence-electron chi connectivity index (χ2n) is 9.23. The van der Waals surface area contributed by atoms with Crippen molar-refractivity contribution in [3.8, 4) is 0 Å². The third-order valence-corrected chi connectivity index (χ3v) is 6.46. The number of nitrogens with one attached hydrogen (secondary N) is 1. The number of hydrogen-bond donors (Lipinski definition) is 2. The van der Waals surface area contributed by atoms with Crippen molar-refractivity contribution in [2.75, 3.05) is 6.54 Å². The second-order valence-corrected chi connectivity index (χ2v) is 9.23. The average molecular weight is 473 g/mol. The lowest BCUT2D eigenvalue weighted by atomic mass is 9.98. The monoisotopic (exact) mass is 472 g/mol. The van der Waals surface area contributed by atoms with Gasteiger partial charge in [0.1, 0.15) is 6.04 Å². The standard InChI is InChI=1S/C27H40N2O5/c1-2-3-4-5-6-7-11-16-25(31)28-22(20-21-13-9-8-10-14-21)24(30)17-18-26(32)29-19-12-15-23(29)27(33)34/h8-10,13-14,22-23H,2-7,11-12,15-20H2,1H3,(H,28,31)(H,33,34)/t22?,23-/m0/s1. The van der Waals surface area contributed by atoms with Crippen LogP contribution in [0.25, 0.3) is 0 Å². The Labute approximate surface area is 203 Å². The predicted molar refractivity (Wildman–Crippen MR) is 131 cm³/mol. The van der Waals surface area contributed by atoms with Crippen LogP contribution in [0.5, 0.6) is 0 Å². The molecular weight excluding hydrogens is 432 g/mol. The normalized spacial score (nSPS) is 16.3. The van der Waals surface area contributed by atoms with Crippen LogP contribution in [-0.4, -0.2) is 52.2 Å². The molecule has 1 aromatic rings. The molecule has 0 bridgehead atoms. The van der Waals surface area contributed by atoms with Crippen molar-refractivity contribution in [3.05, 3.63) is 35.9 Å². The SMILES string of the molecule is CCCCCCCCCC(=O)NC(Cc1ccccc1)C(=O)CCC(=O)N1CCC[C@H]1C(=O)O. The Bertz CT molecular complexity index is 795. The van der Waals surface area contributed by atoms with E-state index >= 15 is 0 Å². The largest absolute Gasteiger partial charge is 0.480 e. The molecule has 1 aliphatic rings. The van der Waals surface area contributed by atoms with E-state index in [0.29, 0.717) is 32.2 Å². The molecule has 7 heteroatoms. The Kier molecular flexibility index (Phi) is 12.4. The number of benzene rings is 1. The van der Waals surface area contributed by atoms with Crippen LogP contribution in [0.2, 0.25) is 0 Å². The maximum Gasteiger partial charge on any atom is 0.326 e. The number of carboxylic acid groups (broad SMARTS) is 1. The smallest absolute Gasteiger partial charge is 0.326 e. The first kappa shape index (κ1) is 27.5. The van der Waals surface area contributed by atoms with Crippen LogP contribution >= 0.6 is 0 Å². The molecule has 2 amide bonds. The number of carboxylic acids is 1. The van der Waals surface area contributed by atoms with Crippen LogP contribution in [0.1, 0.15) is 89.5 Å². The van der Waals surface area contributed by atoms with Gasteiger partial charge in [-0.1, -0.05) is 75.8 Å². The Morgan fingerprint density at radius 3 is 2.32 bits per heavy atom. The van der Waals surface area contributed by atoms with Gasteiger partial charge in [-0.15, -0.1) is 0 Å². The minimum absolute atomic E-state index is 0.0170. The first-order valence-corrected chi connectivity index (χ1v) is 12.8. The zero-order valence-electron chi connectivity index (χ0n) is 20.5. The highest BCUT2D eigenvalue weighted by Crippen LogP contribution is 2.19. The first-order valence-electron chi connectivity index (χ1n) is 12.8. The van der Waals surface area contributed by atoms with Crippen molar-refractivity contribution in [2.24, 2.45) is 0 Å². The molecule has 34 heavy (non-hydrogen) atoms. The Hall–Kier alpha value is -2.70. The van der Waals surface area contributed by atoms with Crippen molar-refractivity contribution in [1.82, 2.24) is 10.2 Å². The third-order valence-electron chi connectivity index (χ3n) is 6.46. The number of aliphatic carboxylic acids is 1. The summed E-state index contributed by atoms with van der Waals surface area (Å²) in [5.74, 6) is -1.65. The van der Waals surface area contributed by atoms with E-state index in [0.717, 1.165) is 24.8 Å². The Morgan fingerprint density at radius 1 is 0.971 bits per heavy atom. The van der Waals surface area contributed by atoms with Gasteiger partial charge in [0.25, 0.3) is 0 Å². The summed E-state index contributed by atoms with van der Waals surface area (Å²) < 4.78 is 0. The van der Waals surface area contributed by atoms with E-state index in [1.54, 1.807) is 0 Å². The Morgan fingerprint density at radius 2 is 1.65 bits per heavy atom. The van der Waals surface area contributed by atoms with Gasteiger partial charge in [-0.3, -0.25) is 14.4 Å². The fraction of sp³-hybridized carbons (Fsp3) is 0.630. The molecule has 2 rings (SSSR count). The number of unbranched alkanes of at least 4 members (excludes halogenated alkanes) is 6. The highest BCUT2D eigenvalue weighted by molar-refractivity contribution is 5.92. The van der Waals surface area contributed by atoms with Crippen LogP contribution in [0, 0.1) is 0 Å². The summed E-state index contributed by atoms with van der Waals surface area (Å²) in [5.41, 5.74) is 0.939. The van der Waals surface area contributed by atoms with Gasteiger partial charge in [0.15, 0.2) is 5.78 Å². The van der Waals surface area contributed by atoms with Crippen LogP contribution in [0.3, 0.4) is 0 Å². The molecule has 2 atom stereocenters. The molecule has 0 aromatic heterocycles. The molecule has 2 N–H and O–H groups in total. The molecule has 1 aromatic carbocycles. The maximum atomic E-state index is 13.0. The predicted octanol–water partition coefficient (Wildman–Crippen LogP) is 4.28. The van der Waals surface area contributed by atoms with E-state index in [4.69, 9.17) is 0 Å². The molecule has 1 unspecified atom stereocenters. The van der Waals surface area contributed by atoms with E-state index in [2.05, 4.69) is 12.2 Å². The lowest BCUT2D eigenvalue weighted by molar-refractivity contribution is -0.148. The van der Waals surface area contributed by atoms with Gasteiger partial charge >= 0.3 is 5.97 Å². The molecule has 188 valence electrons. The summed E-state index contributed by atoms with van der Waals surface area (Å²) >= 11 is 0. The number of amides is 2. The van der Waals surface area contributed by atoms with E-state index in [9.17, 15) is 24.3 Å². The quantitative estimate of drug-likeness (QED) is 0.350. The lowest BCUT2D eigenvalue weighted by Gasteiger charge is -2.22. The Balaban J connectivity index is 1.86. The van der Waals surface area contributed by atoms with Gasteiger partial charge in [-0.2, -0.15) is 0 Å². The summed E-state index contributed by atoms with van der Waals surface area (Å²) in [6.45, 7) is 2.60. The average Bonchev–Trinajstić information content (AvgIpc) is 3.32. The molecule has 1 saturated heterocycles. The fourth-order valence-electron chi connectivity index (χ4n) is 4.47. The van der Waals surface area contributed by atoms with Crippen LogP contribution in [0.15, 0.2) is 30.3 Å². The van der Waals surface area contributed by atoms with E-state index in [1.807, 2.05) is 30.3 Å². The highest BCUT2D eigenvalue weighted by atomic mass is 16.4. The molecule has 7 nitrogen and oxygen atoms in total. The molecule has 0 spiro atoms. The van der Waals surface area contributed by atoms with E-state index in [1.165, 1.54) is 30.6 Å². The summed E-state index contributed by atoms with van der Waals surface area (Å²) in [4.78, 5) is 50.8. The number of rotatable bonds is 16. The third kappa shape index (κ3) is 9.65. The van der Waals surface area contributed by atoms with Crippen molar-refractivity contribution in [3.63, 3.8) is 0 Å². The molecule has 0 saturated carbocycles. The minimum Gasteiger partial charge on any atom is -0.480 e. The summed E-state index contributed by atoms with van der Waals surface area (Å²) in [5, 5.41) is 12.2. The van der Waals surface area contributed by atoms with Gasteiger partial charge < -0.3 is 15.3 Å². The number of carbonyl (C=O) groups excluding carboxylic acids is 3. The van der Waals surface area contributed by atoms with Gasteiger partial charge in [-0.25, -0.2) is 4.79 Å². The molecule has 1 heterocycles. The number of carbonyl (C=O) groups is 4. The van der Waals surface area contributed by atoms with Gasteiger partial charge in [0.05, 0.1) is 6.04 Å². The first-order chi connectivity index (χ1) is 16.4. The minimum atomic E-state index is -1.00. The molecule has 0 radical (unpaired) electrons. The number of Topliss-reactive ketones (excluding diaryl/α,β-unsaturated/α-hetero) is 1. The fourth-order valence-corrected chi connectivity index (χ4v) is 4.47. The maximum absolute atomic E-state index is 13.0. The lowest BCUT2D eigenvalue weighted by Crippen LogP contribution is -2.43. The van der Waals surface area contributed by atoms with Crippen molar-refractivity contribution in [1.29, 1.82) is 0 Å². The number of likely N-dealkylation sites (tertiary alicyclic amines) is 1. The molecular formula is C27H40N2O5. The number of nitrogens with zero attached hydrogens (tertiary/aromatic N) is 1. The molecule has 1 fully saturated rings. The number of hydrogen-bond acceptors (Lipinski definition) is 4. The van der Waals surface area contributed by atoms with E-state index in [-0.39, 0.29) is 30.4 Å². The molecule has 0 aliphatic carbocycles. The number of ketones is 1. The summed E-state index contributed by atoms with van der Waals surface area (Å²) in [6, 6.07) is 8.00. The van der Waals surface area contributed by atoms with Crippen molar-refractivity contribution in [2.45, 2.75) is 102 Å².